The molecule has 0 aliphatic heterocycles. The van der Waals surface area contributed by atoms with Crippen LogP contribution in [0.5, 0.6) is 0 Å². The van der Waals surface area contributed by atoms with Crippen LogP contribution in [0.4, 0.5) is 0 Å². The Morgan fingerprint density at radius 2 is 2.06 bits per heavy atom. The molecular weight excluding hydrogens is 196 g/mol. The molecular formula is C14H22N2. The van der Waals surface area contributed by atoms with Crippen molar-refractivity contribution in [2.24, 2.45) is 11.8 Å². The molecule has 88 valence electrons. The zero-order chi connectivity index (χ0) is 11.5. The van der Waals surface area contributed by atoms with Crippen molar-refractivity contribution in [2.45, 2.75) is 45.1 Å². The van der Waals surface area contributed by atoms with Crippen molar-refractivity contribution in [3.05, 3.63) is 35.4 Å². The minimum absolute atomic E-state index is 0.264. The van der Waals surface area contributed by atoms with Gasteiger partial charge in [0.1, 0.15) is 0 Å². The second-order valence-corrected chi connectivity index (χ2v) is 5.19. The van der Waals surface area contributed by atoms with Gasteiger partial charge in [-0.2, -0.15) is 0 Å². The number of nitrogens with one attached hydrogen (secondary N) is 1. The SMILES string of the molecule is CC(C)C(NN)c1cccc(C2CCC2)c1. The van der Waals surface area contributed by atoms with Gasteiger partial charge in [0, 0.05) is 6.04 Å². The summed E-state index contributed by atoms with van der Waals surface area (Å²) in [5.41, 5.74) is 5.73. The lowest BCUT2D eigenvalue weighted by molar-refractivity contribution is 0.410. The van der Waals surface area contributed by atoms with E-state index in [9.17, 15) is 0 Å². The summed E-state index contributed by atoms with van der Waals surface area (Å²) >= 11 is 0. The Bertz CT molecular complexity index is 342. The predicted molar refractivity (Wildman–Crippen MR) is 67.9 cm³/mol. The smallest absolute Gasteiger partial charge is 0.0482 e. The minimum atomic E-state index is 0.264. The lowest BCUT2D eigenvalue weighted by atomic mass is 9.79. The quantitative estimate of drug-likeness (QED) is 0.602. The van der Waals surface area contributed by atoms with Crippen LogP contribution in [0.1, 0.15) is 56.2 Å². The molecule has 0 bridgehead atoms. The van der Waals surface area contributed by atoms with Crippen molar-refractivity contribution >= 4 is 0 Å². The number of benzene rings is 1. The van der Waals surface area contributed by atoms with Crippen LogP contribution in [0.25, 0.3) is 0 Å². The van der Waals surface area contributed by atoms with Crippen molar-refractivity contribution in [3.63, 3.8) is 0 Å². The third-order valence-electron chi connectivity index (χ3n) is 3.69. The molecule has 2 rings (SSSR count). The zero-order valence-corrected chi connectivity index (χ0v) is 10.2. The molecule has 2 nitrogen and oxygen atoms in total. The molecule has 1 fully saturated rings. The van der Waals surface area contributed by atoms with Crippen LogP contribution < -0.4 is 11.3 Å². The van der Waals surface area contributed by atoms with Gasteiger partial charge in [-0.15, -0.1) is 0 Å². The lowest BCUT2D eigenvalue weighted by Crippen LogP contribution is -2.31. The fraction of sp³-hybridized carbons (Fsp3) is 0.571. The number of rotatable bonds is 4. The number of hydrogen-bond acceptors (Lipinski definition) is 2. The van der Waals surface area contributed by atoms with E-state index in [1.807, 2.05) is 0 Å². The lowest BCUT2D eigenvalue weighted by Gasteiger charge is -2.27. The van der Waals surface area contributed by atoms with Crippen LogP contribution in [0.3, 0.4) is 0 Å². The first-order valence-electron chi connectivity index (χ1n) is 6.28. The summed E-state index contributed by atoms with van der Waals surface area (Å²) in [6.07, 6.45) is 4.09. The maximum atomic E-state index is 5.63. The average molecular weight is 218 g/mol. The summed E-state index contributed by atoms with van der Waals surface area (Å²) in [5.74, 6) is 6.94. The maximum absolute atomic E-state index is 5.63. The van der Waals surface area contributed by atoms with Gasteiger partial charge in [-0.1, -0.05) is 44.5 Å². The third-order valence-corrected chi connectivity index (χ3v) is 3.69. The Labute approximate surface area is 98.2 Å². The van der Waals surface area contributed by atoms with E-state index in [0.717, 1.165) is 5.92 Å². The average Bonchev–Trinajstić information content (AvgIpc) is 2.16. The number of hydrogen-bond donors (Lipinski definition) is 2. The summed E-state index contributed by atoms with van der Waals surface area (Å²) in [4.78, 5) is 0. The van der Waals surface area contributed by atoms with E-state index in [1.165, 1.54) is 30.4 Å². The molecule has 1 atom stereocenters. The first-order chi connectivity index (χ1) is 7.72. The molecule has 1 aromatic rings. The van der Waals surface area contributed by atoms with Gasteiger partial charge >= 0.3 is 0 Å². The second kappa shape index (κ2) is 4.98. The van der Waals surface area contributed by atoms with Crippen LogP contribution >= 0.6 is 0 Å². The summed E-state index contributed by atoms with van der Waals surface area (Å²) in [6.45, 7) is 4.39. The van der Waals surface area contributed by atoms with E-state index in [0.29, 0.717) is 5.92 Å². The molecule has 1 saturated carbocycles. The van der Waals surface area contributed by atoms with Gasteiger partial charge in [0.2, 0.25) is 0 Å². The molecule has 0 radical (unpaired) electrons. The maximum Gasteiger partial charge on any atom is 0.0482 e. The summed E-state index contributed by atoms with van der Waals surface area (Å²) in [5, 5.41) is 0. The Balaban J connectivity index is 2.19. The van der Waals surface area contributed by atoms with E-state index in [2.05, 4.69) is 43.5 Å². The highest BCUT2D eigenvalue weighted by Crippen LogP contribution is 2.37. The molecule has 3 N–H and O–H groups in total. The number of nitrogens with two attached hydrogens (primary N) is 1. The molecule has 0 aromatic heterocycles. The highest BCUT2D eigenvalue weighted by Gasteiger charge is 2.21. The summed E-state index contributed by atoms with van der Waals surface area (Å²) in [7, 11) is 0. The Morgan fingerprint density at radius 3 is 2.56 bits per heavy atom. The van der Waals surface area contributed by atoms with Crippen LogP contribution in [-0.4, -0.2) is 0 Å². The molecule has 1 unspecified atom stereocenters. The second-order valence-electron chi connectivity index (χ2n) is 5.19. The largest absolute Gasteiger partial charge is 0.271 e. The van der Waals surface area contributed by atoms with Gasteiger partial charge in [-0.25, -0.2) is 0 Å². The third kappa shape index (κ3) is 2.28. The van der Waals surface area contributed by atoms with Gasteiger partial charge in [-0.3, -0.25) is 11.3 Å². The van der Waals surface area contributed by atoms with Crippen molar-refractivity contribution < 1.29 is 0 Å². The van der Waals surface area contributed by atoms with Gasteiger partial charge in [-0.05, 0) is 35.8 Å². The first kappa shape index (κ1) is 11.6. The van der Waals surface area contributed by atoms with Crippen LogP contribution in [0.15, 0.2) is 24.3 Å². The molecule has 0 amide bonds. The molecule has 2 heteroatoms. The van der Waals surface area contributed by atoms with E-state index in [-0.39, 0.29) is 6.04 Å². The van der Waals surface area contributed by atoms with E-state index < -0.39 is 0 Å². The predicted octanol–water partition coefficient (Wildman–Crippen LogP) is 3.11. The van der Waals surface area contributed by atoms with Crippen molar-refractivity contribution in [1.29, 1.82) is 0 Å². The highest BCUT2D eigenvalue weighted by atomic mass is 15.2. The molecule has 1 aromatic carbocycles. The monoisotopic (exact) mass is 218 g/mol. The normalized spacial score (nSPS) is 18.5. The fourth-order valence-electron chi connectivity index (χ4n) is 2.42. The Hall–Kier alpha value is -0.860. The van der Waals surface area contributed by atoms with Gasteiger partial charge in [0.15, 0.2) is 0 Å². The fourth-order valence-corrected chi connectivity index (χ4v) is 2.42. The van der Waals surface area contributed by atoms with Gasteiger partial charge in [0.05, 0.1) is 0 Å². The molecule has 0 spiro atoms. The van der Waals surface area contributed by atoms with Crippen LogP contribution in [0, 0.1) is 5.92 Å². The first-order valence-corrected chi connectivity index (χ1v) is 6.28. The molecule has 1 aliphatic carbocycles. The van der Waals surface area contributed by atoms with Crippen LogP contribution in [-0.2, 0) is 0 Å². The summed E-state index contributed by atoms with van der Waals surface area (Å²) < 4.78 is 0. The molecule has 16 heavy (non-hydrogen) atoms. The highest BCUT2D eigenvalue weighted by molar-refractivity contribution is 5.29. The number of hydrazine groups is 1. The van der Waals surface area contributed by atoms with E-state index >= 15 is 0 Å². The van der Waals surface area contributed by atoms with Crippen molar-refractivity contribution in [3.8, 4) is 0 Å². The van der Waals surface area contributed by atoms with Gasteiger partial charge < -0.3 is 0 Å². The Morgan fingerprint density at radius 1 is 1.31 bits per heavy atom. The zero-order valence-electron chi connectivity index (χ0n) is 10.2. The van der Waals surface area contributed by atoms with Crippen molar-refractivity contribution in [1.82, 2.24) is 5.43 Å². The molecule has 1 aliphatic rings. The summed E-state index contributed by atoms with van der Waals surface area (Å²) in [6, 6.07) is 9.18. The van der Waals surface area contributed by atoms with Crippen LogP contribution in [0.2, 0.25) is 0 Å². The topological polar surface area (TPSA) is 38.0 Å². The van der Waals surface area contributed by atoms with Gasteiger partial charge in [0.25, 0.3) is 0 Å². The van der Waals surface area contributed by atoms with E-state index in [4.69, 9.17) is 5.84 Å². The minimum Gasteiger partial charge on any atom is -0.271 e. The Kier molecular flexibility index (Phi) is 3.62. The van der Waals surface area contributed by atoms with E-state index in [1.54, 1.807) is 0 Å². The molecule has 0 heterocycles. The van der Waals surface area contributed by atoms with Crippen molar-refractivity contribution in [2.75, 3.05) is 0 Å². The molecule has 0 saturated heterocycles. The standard InChI is InChI=1S/C14H22N2/c1-10(2)14(16-15)13-8-4-7-12(9-13)11-5-3-6-11/h4,7-11,14,16H,3,5-6,15H2,1-2H3.